The Morgan fingerprint density at radius 1 is 1.37 bits per heavy atom. The molecule has 0 saturated heterocycles. The number of hydrogen-bond acceptors (Lipinski definition) is 5. The van der Waals surface area contributed by atoms with Gasteiger partial charge in [0.05, 0.1) is 4.90 Å². The van der Waals surface area contributed by atoms with Crippen molar-refractivity contribution in [2.45, 2.75) is 31.3 Å². The van der Waals surface area contributed by atoms with Gasteiger partial charge in [-0.1, -0.05) is 6.92 Å². The number of hydrogen-bond donors (Lipinski definition) is 1. The molecule has 0 radical (unpaired) electrons. The predicted molar refractivity (Wildman–Crippen MR) is 64.3 cm³/mol. The van der Waals surface area contributed by atoms with Crippen molar-refractivity contribution in [1.29, 1.82) is 0 Å². The summed E-state index contributed by atoms with van der Waals surface area (Å²) in [7, 11) is -4.46. The van der Waals surface area contributed by atoms with Crippen molar-refractivity contribution in [3.63, 3.8) is 0 Å². The van der Waals surface area contributed by atoms with E-state index in [0.29, 0.717) is 12.1 Å². The van der Waals surface area contributed by atoms with Gasteiger partial charge in [-0.2, -0.15) is 0 Å². The van der Waals surface area contributed by atoms with Gasteiger partial charge in [0.1, 0.15) is 16.2 Å². The third kappa shape index (κ3) is 6.40. The third-order valence-corrected chi connectivity index (χ3v) is 3.12. The molecule has 1 amide bonds. The van der Waals surface area contributed by atoms with Crippen LogP contribution in [0.1, 0.15) is 20.3 Å². The molecule has 1 rings (SSSR count). The topological polar surface area (TPSA) is 95.5 Å². The quantitative estimate of drug-likeness (QED) is 0.564. The van der Waals surface area contributed by atoms with Crippen molar-refractivity contribution in [2.75, 3.05) is 5.32 Å². The average Bonchev–Trinajstić information content (AvgIpc) is 2.28. The van der Waals surface area contributed by atoms with Gasteiger partial charge >= 0.3 is 35.7 Å². The Morgan fingerprint density at radius 2 is 1.89 bits per heavy atom. The minimum atomic E-state index is -4.46. The summed E-state index contributed by atoms with van der Waals surface area (Å²) >= 11 is 0. The fraction of sp³-hybridized carbons (Fsp3) is 0.364. The first-order valence-electron chi connectivity index (χ1n) is 5.36. The molecule has 6 nitrogen and oxygen atoms in total. The Balaban J connectivity index is 0.00000324. The summed E-state index contributed by atoms with van der Waals surface area (Å²) in [5.74, 6) is 0. The Bertz CT molecular complexity index is 514. The van der Waals surface area contributed by atoms with E-state index >= 15 is 0 Å². The van der Waals surface area contributed by atoms with Crippen LogP contribution in [0.3, 0.4) is 0 Å². The predicted octanol–water partition coefficient (Wildman–Crippen LogP) is -1.06. The zero-order valence-electron chi connectivity index (χ0n) is 11.0. The van der Waals surface area contributed by atoms with Crippen LogP contribution in [0, 0.1) is 0 Å². The van der Waals surface area contributed by atoms with Gasteiger partial charge in [-0.25, -0.2) is 13.2 Å². The Morgan fingerprint density at radius 3 is 2.32 bits per heavy atom. The third-order valence-electron chi connectivity index (χ3n) is 2.27. The molecule has 8 heteroatoms. The summed E-state index contributed by atoms with van der Waals surface area (Å²) in [5.41, 5.74) is 0.357. The normalized spacial score (nSPS) is 12.2. The summed E-state index contributed by atoms with van der Waals surface area (Å²) in [6.07, 6.45) is -0.130. The molecule has 0 aliphatic carbocycles. The summed E-state index contributed by atoms with van der Waals surface area (Å²) in [4.78, 5) is 11.0. The molecule has 1 unspecified atom stereocenters. The Labute approximate surface area is 134 Å². The number of rotatable bonds is 4. The van der Waals surface area contributed by atoms with Crippen LogP contribution in [0.5, 0.6) is 0 Å². The van der Waals surface area contributed by atoms with Crippen LogP contribution in [-0.2, 0) is 14.9 Å². The van der Waals surface area contributed by atoms with Crippen molar-refractivity contribution >= 4 is 21.9 Å². The second kappa shape index (κ2) is 7.86. The van der Waals surface area contributed by atoms with Crippen molar-refractivity contribution in [3.8, 4) is 0 Å². The van der Waals surface area contributed by atoms with Crippen LogP contribution in [0.4, 0.5) is 10.5 Å². The molecular formula is C11H14NNaO5S. The van der Waals surface area contributed by atoms with Crippen molar-refractivity contribution in [1.82, 2.24) is 0 Å². The largest absolute Gasteiger partial charge is 1.00 e. The SMILES string of the molecule is CCC(C)OC(=O)Nc1ccc(S(=O)(=O)[O-])cc1.[Na+]. The first kappa shape index (κ1) is 18.4. The number of amides is 1. The molecule has 1 aromatic rings. The van der Waals surface area contributed by atoms with Gasteiger partial charge in [-0.05, 0) is 37.6 Å². The minimum absolute atomic E-state index is 0. The summed E-state index contributed by atoms with van der Waals surface area (Å²) in [6.45, 7) is 3.64. The zero-order valence-corrected chi connectivity index (χ0v) is 13.9. The van der Waals surface area contributed by atoms with E-state index < -0.39 is 16.2 Å². The molecule has 1 aromatic carbocycles. The van der Waals surface area contributed by atoms with Crippen molar-refractivity contribution in [3.05, 3.63) is 24.3 Å². The fourth-order valence-corrected chi connectivity index (χ4v) is 1.59. The number of carbonyl (C=O) groups excluding carboxylic acids is 1. The molecule has 0 saturated carbocycles. The monoisotopic (exact) mass is 295 g/mol. The molecule has 100 valence electrons. The molecule has 0 aromatic heterocycles. The smallest absolute Gasteiger partial charge is 0.744 e. The van der Waals surface area contributed by atoms with E-state index in [0.717, 1.165) is 12.1 Å². The van der Waals surface area contributed by atoms with Crippen LogP contribution >= 0.6 is 0 Å². The number of anilines is 1. The summed E-state index contributed by atoms with van der Waals surface area (Å²) in [6, 6.07) is 4.90. The fourth-order valence-electron chi connectivity index (χ4n) is 1.12. The zero-order chi connectivity index (χ0) is 13.8. The van der Waals surface area contributed by atoms with E-state index in [1.54, 1.807) is 6.92 Å². The van der Waals surface area contributed by atoms with Gasteiger partial charge < -0.3 is 9.29 Å². The molecule has 0 fully saturated rings. The van der Waals surface area contributed by atoms with Crippen LogP contribution in [0.2, 0.25) is 0 Å². The summed E-state index contributed by atoms with van der Waals surface area (Å²) in [5, 5.41) is 2.43. The second-order valence-corrected chi connectivity index (χ2v) is 5.11. The van der Waals surface area contributed by atoms with E-state index in [4.69, 9.17) is 4.74 Å². The van der Waals surface area contributed by atoms with E-state index in [-0.39, 0.29) is 40.6 Å². The number of nitrogens with one attached hydrogen (secondary N) is 1. The number of ether oxygens (including phenoxy) is 1. The maximum atomic E-state index is 11.4. The van der Waals surface area contributed by atoms with Gasteiger partial charge in [0, 0.05) is 5.69 Å². The molecule has 1 N–H and O–H groups in total. The van der Waals surface area contributed by atoms with Crippen molar-refractivity contribution < 1.29 is 52.1 Å². The van der Waals surface area contributed by atoms with Crippen LogP contribution < -0.4 is 34.9 Å². The Kier molecular flexibility index (Phi) is 7.61. The van der Waals surface area contributed by atoms with Crippen molar-refractivity contribution in [2.24, 2.45) is 0 Å². The van der Waals surface area contributed by atoms with Gasteiger partial charge in [0.2, 0.25) is 0 Å². The van der Waals surface area contributed by atoms with E-state index in [1.807, 2.05) is 6.92 Å². The molecule has 0 aliphatic heterocycles. The van der Waals surface area contributed by atoms with Gasteiger partial charge in [0.25, 0.3) is 0 Å². The van der Waals surface area contributed by atoms with Crippen LogP contribution in [-0.4, -0.2) is 25.2 Å². The minimum Gasteiger partial charge on any atom is -0.744 e. The van der Waals surface area contributed by atoms with E-state index in [9.17, 15) is 17.8 Å². The van der Waals surface area contributed by atoms with Gasteiger partial charge in [-0.15, -0.1) is 0 Å². The maximum absolute atomic E-state index is 11.4. The molecule has 0 spiro atoms. The molecule has 0 bridgehead atoms. The van der Waals surface area contributed by atoms with Gasteiger partial charge in [-0.3, -0.25) is 5.32 Å². The van der Waals surface area contributed by atoms with E-state index in [1.165, 1.54) is 12.1 Å². The average molecular weight is 295 g/mol. The van der Waals surface area contributed by atoms with E-state index in [2.05, 4.69) is 5.32 Å². The molecule has 0 aliphatic rings. The molecule has 0 heterocycles. The van der Waals surface area contributed by atoms with Gasteiger partial charge in [0.15, 0.2) is 0 Å². The molecular weight excluding hydrogens is 281 g/mol. The number of benzene rings is 1. The standard InChI is InChI=1S/C11H15NO5S.Na/c1-3-8(2)17-11(13)12-9-4-6-10(7-5-9)18(14,15)16;/h4-8H,3H2,1-2H3,(H,12,13)(H,14,15,16);/q;+1/p-1. The summed E-state index contributed by atoms with van der Waals surface area (Å²) < 4.78 is 37.0. The maximum Gasteiger partial charge on any atom is 1.00 e. The first-order chi connectivity index (χ1) is 8.32. The van der Waals surface area contributed by atoms with Crippen LogP contribution in [0.15, 0.2) is 29.2 Å². The first-order valence-corrected chi connectivity index (χ1v) is 6.77. The molecule has 1 atom stereocenters. The Hall–Kier alpha value is -0.600. The molecule has 19 heavy (non-hydrogen) atoms. The second-order valence-electron chi connectivity index (χ2n) is 3.73. The van der Waals surface area contributed by atoms with Crippen LogP contribution in [0.25, 0.3) is 0 Å². The number of carbonyl (C=O) groups is 1.